The minimum absolute atomic E-state index is 0.0804. The summed E-state index contributed by atoms with van der Waals surface area (Å²) in [7, 11) is 1.83. The van der Waals surface area contributed by atoms with Crippen LogP contribution in [-0.2, 0) is 7.05 Å². The third-order valence-electron chi connectivity index (χ3n) is 3.98. The molecule has 0 unspecified atom stereocenters. The Morgan fingerprint density at radius 3 is 2.92 bits per heavy atom. The van der Waals surface area contributed by atoms with Gasteiger partial charge < -0.3 is 0 Å². The molecule has 0 bridgehead atoms. The number of nitrogens with zero attached hydrogens (tertiary/aromatic N) is 4. The number of H-pyrrole nitrogens is 1. The van der Waals surface area contributed by atoms with Crippen LogP contribution in [0, 0.1) is 5.82 Å². The molecule has 3 aromatic rings. The Labute approximate surface area is 136 Å². The quantitative estimate of drug-likeness (QED) is 0.771. The van der Waals surface area contributed by atoms with Gasteiger partial charge in [0.2, 0.25) is 5.95 Å². The number of carbonyl (C=O) groups excluding carboxylic acids is 1. The zero-order valence-electron chi connectivity index (χ0n) is 13.0. The van der Waals surface area contributed by atoms with Gasteiger partial charge in [0.1, 0.15) is 5.82 Å². The smallest absolute Gasteiger partial charge is 0.278 e. The number of halogens is 1. The molecule has 7 nitrogen and oxygen atoms in total. The molecule has 1 aliphatic carbocycles. The van der Waals surface area contributed by atoms with Crippen LogP contribution in [0.2, 0.25) is 0 Å². The number of carbonyl (C=O) groups is 1. The maximum Gasteiger partial charge on any atom is 0.278 e. The highest BCUT2D eigenvalue weighted by atomic mass is 19.1. The Morgan fingerprint density at radius 2 is 2.17 bits per heavy atom. The Kier molecular flexibility index (Phi) is 3.37. The second kappa shape index (κ2) is 5.55. The largest absolute Gasteiger partial charge is 0.288 e. The molecule has 24 heavy (non-hydrogen) atoms. The van der Waals surface area contributed by atoms with Crippen molar-refractivity contribution in [2.75, 3.05) is 5.32 Å². The van der Waals surface area contributed by atoms with Crippen molar-refractivity contribution >= 4 is 11.9 Å². The van der Waals surface area contributed by atoms with Crippen LogP contribution in [0.5, 0.6) is 0 Å². The van der Waals surface area contributed by atoms with Gasteiger partial charge in [-0.25, -0.2) is 4.39 Å². The minimum Gasteiger partial charge on any atom is -0.288 e. The number of anilines is 1. The SMILES string of the molecule is Cn1nc(C(=O)Nc2n[nH]c(-c3ccccc3F)n2)cc1C1CC1. The Hall–Kier alpha value is -3.03. The van der Waals surface area contributed by atoms with Crippen LogP contribution in [0.3, 0.4) is 0 Å². The number of amides is 1. The fraction of sp³-hybridized carbons (Fsp3) is 0.250. The summed E-state index contributed by atoms with van der Waals surface area (Å²) >= 11 is 0. The van der Waals surface area contributed by atoms with Gasteiger partial charge in [-0.1, -0.05) is 12.1 Å². The van der Waals surface area contributed by atoms with Gasteiger partial charge in [-0.2, -0.15) is 10.1 Å². The summed E-state index contributed by atoms with van der Waals surface area (Å²) in [6, 6.07) is 8.01. The number of aromatic nitrogens is 5. The number of aromatic amines is 1. The molecule has 1 amide bonds. The van der Waals surface area contributed by atoms with Gasteiger partial charge in [0, 0.05) is 18.7 Å². The van der Waals surface area contributed by atoms with Crippen LogP contribution in [0.4, 0.5) is 10.3 Å². The fourth-order valence-corrected chi connectivity index (χ4v) is 2.61. The normalized spacial score (nSPS) is 13.9. The lowest BCUT2D eigenvalue weighted by atomic mass is 10.2. The van der Waals surface area contributed by atoms with Gasteiger partial charge in [-0.05, 0) is 31.0 Å². The van der Waals surface area contributed by atoms with Crippen LogP contribution in [0.15, 0.2) is 30.3 Å². The summed E-state index contributed by atoms with van der Waals surface area (Å²) < 4.78 is 15.5. The summed E-state index contributed by atoms with van der Waals surface area (Å²) in [5, 5.41) is 13.3. The second-order valence-corrected chi connectivity index (χ2v) is 5.79. The standard InChI is InChI=1S/C16H15FN6O/c1-23-13(9-6-7-9)8-12(22-23)15(24)19-16-18-14(20-21-16)10-4-2-3-5-11(10)17/h2-5,8-9H,6-7H2,1H3,(H2,18,19,20,21,24). The van der Waals surface area contributed by atoms with E-state index in [9.17, 15) is 9.18 Å². The van der Waals surface area contributed by atoms with Gasteiger partial charge >= 0.3 is 0 Å². The molecule has 1 saturated carbocycles. The van der Waals surface area contributed by atoms with Crippen molar-refractivity contribution in [3.8, 4) is 11.4 Å². The average Bonchev–Trinajstić information content (AvgIpc) is 3.18. The van der Waals surface area contributed by atoms with Crippen LogP contribution in [-0.4, -0.2) is 30.9 Å². The number of hydrogen-bond donors (Lipinski definition) is 2. The van der Waals surface area contributed by atoms with E-state index in [0.717, 1.165) is 18.5 Å². The van der Waals surface area contributed by atoms with Gasteiger partial charge in [-0.15, -0.1) is 5.10 Å². The van der Waals surface area contributed by atoms with E-state index in [4.69, 9.17) is 0 Å². The molecule has 1 aromatic carbocycles. The highest BCUT2D eigenvalue weighted by Crippen LogP contribution is 2.39. The fourth-order valence-electron chi connectivity index (χ4n) is 2.61. The zero-order chi connectivity index (χ0) is 16.7. The van der Waals surface area contributed by atoms with Crippen molar-refractivity contribution in [3.05, 3.63) is 47.5 Å². The van der Waals surface area contributed by atoms with Crippen molar-refractivity contribution in [2.45, 2.75) is 18.8 Å². The average molecular weight is 326 g/mol. The van der Waals surface area contributed by atoms with Crippen molar-refractivity contribution in [1.82, 2.24) is 25.0 Å². The molecule has 8 heteroatoms. The number of hydrogen-bond acceptors (Lipinski definition) is 4. The second-order valence-electron chi connectivity index (χ2n) is 5.79. The predicted octanol–water partition coefficient (Wildman–Crippen LogP) is 2.47. The van der Waals surface area contributed by atoms with Crippen LogP contribution in [0.1, 0.15) is 34.9 Å². The molecule has 122 valence electrons. The number of aryl methyl sites for hydroxylation is 1. The van der Waals surface area contributed by atoms with Crippen molar-refractivity contribution < 1.29 is 9.18 Å². The van der Waals surface area contributed by atoms with Crippen LogP contribution >= 0.6 is 0 Å². The Balaban J connectivity index is 1.52. The Bertz CT molecular complexity index is 911. The number of rotatable bonds is 4. The van der Waals surface area contributed by atoms with Crippen molar-refractivity contribution in [1.29, 1.82) is 0 Å². The van der Waals surface area contributed by atoms with E-state index in [1.165, 1.54) is 6.07 Å². The highest BCUT2D eigenvalue weighted by molar-refractivity contribution is 6.02. The van der Waals surface area contributed by atoms with E-state index >= 15 is 0 Å². The lowest BCUT2D eigenvalue weighted by Gasteiger charge is -1.97. The molecule has 0 atom stereocenters. The molecular formula is C16H15FN6O. The van der Waals surface area contributed by atoms with E-state index in [1.54, 1.807) is 28.9 Å². The molecule has 1 fully saturated rings. The lowest BCUT2D eigenvalue weighted by Crippen LogP contribution is -2.14. The first-order valence-corrected chi connectivity index (χ1v) is 7.64. The first kappa shape index (κ1) is 14.6. The molecule has 2 N–H and O–H groups in total. The summed E-state index contributed by atoms with van der Waals surface area (Å²) in [5.74, 6) is 0.0297. The molecule has 2 aromatic heterocycles. The topological polar surface area (TPSA) is 88.5 Å². The molecule has 0 spiro atoms. The van der Waals surface area contributed by atoms with E-state index in [-0.39, 0.29) is 11.8 Å². The van der Waals surface area contributed by atoms with E-state index in [2.05, 4.69) is 25.6 Å². The first-order chi connectivity index (χ1) is 11.6. The van der Waals surface area contributed by atoms with E-state index in [0.29, 0.717) is 17.2 Å². The van der Waals surface area contributed by atoms with Crippen molar-refractivity contribution in [2.24, 2.45) is 7.05 Å². The minimum atomic E-state index is -0.412. The highest BCUT2D eigenvalue weighted by Gasteiger charge is 2.28. The van der Waals surface area contributed by atoms with Crippen molar-refractivity contribution in [3.63, 3.8) is 0 Å². The van der Waals surface area contributed by atoms with Crippen LogP contribution in [0.25, 0.3) is 11.4 Å². The van der Waals surface area contributed by atoms with Gasteiger partial charge in [0.25, 0.3) is 5.91 Å². The Morgan fingerprint density at radius 1 is 1.38 bits per heavy atom. The molecular weight excluding hydrogens is 311 g/mol. The first-order valence-electron chi connectivity index (χ1n) is 7.64. The molecule has 0 saturated heterocycles. The van der Waals surface area contributed by atoms with Crippen LogP contribution < -0.4 is 5.32 Å². The van der Waals surface area contributed by atoms with Gasteiger partial charge in [0.15, 0.2) is 11.5 Å². The summed E-state index contributed by atoms with van der Waals surface area (Å²) in [5.41, 5.74) is 1.66. The van der Waals surface area contributed by atoms with Gasteiger partial charge in [0.05, 0.1) is 5.56 Å². The lowest BCUT2D eigenvalue weighted by molar-refractivity contribution is 0.102. The van der Waals surface area contributed by atoms with E-state index in [1.807, 2.05) is 7.05 Å². The molecule has 0 radical (unpaired) electrons. The predicted molar refractivity (Wildman–Crippen MR) is 84.9 cm³/mol. The maximum atomic E-state index is 13.8. The molecule has 4 rings (SSSR count). The summed E-state index contributed by atoms with van der Waals surface area (Å²) in [6.07, 6.45) is 2.26. The summed E-state index contributed by atoms with van der Waals surface area (Å²) in [6.45, 7) is 0. The third-order valence-corrected chi connectivity index (χ3v) is 3.98. The molecule has 1 aliphatic rings. The third kappa shape index (κ3) is 2.66. The number of benzene rings is 1. The summed E-state index contributed by atoms with van der Waals surface area (Å²) in [4.78, 5) is 16.4. The number of nitrogens with one attached hydrogen (secondary N) is 2. The molecule has 2 heterocycles. The molecule has 0 aliphatic heterocycles. The maximum absolute atomic E-state index is 13.8. The zero-order valence-corrected chi connectivity index (χ0v) is 13.0. The monoisotopic (exact) mass is 326 g/mol. The van der Waals surface area contributed by atoms with Gasteiger partial charge in [-0.3, -0.25) is 19.9 Å². The van der Waals surface area contributed by atoms with E-state index < -0.39 is 11.7 Å².